The highest BCUT2D eigenvalue weighted by Gasteiger charge is 2.54. The molecule has 1 aromatic heterocycles. The molecule has 2 aromatic carbocycles. The van der Waals surface area contributed by atoms with Gasteiger partial charge in [0.1, 0.15) is 6.33 Å². The van der Waals surface area contributed by atoms with Crippen LogP contribution in [-0.4, -0.2) is 39.0 Å². The second-order valence-electron chi connectivity index (χ2n) is 11.0. The predicted molar refractivity (Wildman–Crippen MR) is 137 cm³/mol. The van der Waals surface area contributed by atoms with Crippen LogP contribution < -0.4 is 5.32 Å². The van der Waals surface area contributed by atoms with Crippen molar-refractivity contribution in [1.29, 1.82) is 0 Å². The van der Waals surface area contributed by atoms with Gasteiger partial charge in [0.15, 0.2) is 0 Å². The van der Waals surface area contributed by atoms with E-state index in [-0.39, 0.29) is 17.5 Å². The predicted octanol–water partition coefficient (Wildman–Crippen LogP) is 6.04. The monoisotopic (exact) mass is 468 g/mol. The summed E-state index contributed by atoms with van der Waals surface area (Å²) < 4.78 is 1.66. The Bertz CT molecular complexity index is 1240. The number of aromatic nitrogens is 2. The molecule has 6 nitrogen and oxygen atoms in total. The average molecular weight is 469 g/mol. The molecule has 4 fully saturated rings. The number of anilines is 1. The van der Waals surface area contributed by atoms with Gasteiger partial charge in [0.2, 0.25) is 5.91 Å². The van der Waals surface area contributed by atoms with Crippen LogP contribution in [0.1, 0.15) is 45.4 Å². The van der Waals surface area contributed by atoms with E-state index in [0.717, 1.165) is 65.1 Å². The van der Waals surface area contributed by atoms with Crippen LogP contribution in [0.25, 0.3) is 22.4 Å². The van der Waals surface area contributed by atoms with Gasteiger partial charge < -0.3 is 10.2 Å². The quantitative estimate of drug-likeness (QED) is 0.507. The van der Waals surface area contributed by atoms with E-state index in [1.165, 1.54) is 26.2 Å². The Kier molecular flexibility index (Phi) is 5.28. The van der Waals surface area contributed by atoms with Crippen molar-refractivity contribution >= 4 is 17.6 Å². The van der Waals surface area contributed by atoms with Crippen molar-refractivity contribution < 1.29 is 9.59 Å². The Morgan fingerprint density at radius 1 is 0.943 bits per heavy atom. The molecule has 0 unspecified atom stereocenters. The molecule has 4 saturated carbocycles. The third-order valence-corrected chi connectivity index (χ3v) is 8.50. The Morgan fingerprint density at radius 2 is 1.57 bits per heavy atom. The zero-order valence-corrected chi connectivity index (χ0v) is 20.4. The summed E-state index contributed by atoms with van der Waals surface area (Å²) in [5.41, 5.74) is 4.67. The summed E-state index contributed by atoms with van der Waals surface area (Å²) in [4.78, 5) is 31.4. The fourth-order valence-corrected chi connectivity index (χ4v) is 7.24. The van der Waals surface area contributed by atoms with Crippen LogP contribution in [-0.2, 0) is 4.79 Å². The summed E-state index contributed by atoms with van der Waals surface area (Å²) in [6.07, 6.45) is 11.1. The maximum Gasteiger partial charge on any atom is 0.329 e. The molecule has 7 rings (SSSR count). The summed E-state index contributed by atoms with van der Waals surface area (Å²) in [5.74, 6) is 2.30. The van der Waals surface area contributed by atoms with Gasteiger partial charge in [0, 0.05) is 37.0 Å². The highest BCUT2D eigenvalue weighted by Crippen LogP contribution is 2.57. The van der Waals surface area contributed by atoms with Crippen molar-refractivity contribution in [2.24, 2.45) is 17.8 Å². The summed E-state index contributed by atoms with van der Waals surface area (Å²) in [6.45, 7) is 1.50. The number of nitrogens with zero attached hydrogens (tertiary/aromatic N) is 3. The largest absolute Gasteiger partial charge is 0.329 e. The second-order valence-corrected chi connectivity index (χ2v) is 11.0. The van der Waals surface area contributed by atoms with E-state index in [0.29, 0.717) is 0 Å². The number of rotatable bonds is 4. The number of amides is 2. The maximum absolute atomic E-state index is 13.5. The van der Waals surface area contributed by atoms with Gasteiger partial charge in [0.05, 0.1) is 5.69 Å². The normalized spacial score (nSPS) is 26.5. The molecule has 0 spiro atoms. The molecule has 4 aliphatic rings. The Balaban J connectivity index is 1.21. The summed E-state index contributed by atoms with van der Waals surface area (Å²) in [5, 5.41) is 2.80. The van der Waals surface area contributed by atoms with Crippen molar-refractivity contribution in [2.75, 3.05) is 12.4 Å². The molecule has 35 heavy (non-hydrogen) atoms. The lowest BCUT2D eigenvalue weighted by Crippen LogP contribution is -2.60. The van der Waals surface area contributed by atoms with Gasteiger partial charge >= 0.3 is 6.03 Å². The number of benzene rings is 2. The Morgan fingerprint density at radius 3 is 2.20 bits per heavy atom. The molecule has 0 radical (unpaired) electrons. The maximum atomic E-state index is 13.5. The van der Waals surface area contributed by atoms with Gasteiger partial charge in [-0.2, -0.15) is 0 Å². The fraction of sp³-hybridized carbons (Fsp3) is 0.414. The topological polar surface area (TPSA) is 67.2 Å². The van der Waals surface area contributed by atoms with E-state index in [4.69, 9.17) is 0 Å². The molecule has 1 N–H and O–H groups in total. The number of hydrogen-bond donors (Lipinski definition) is 1. The van der Waals surface area contributed by atoms with Crippen molar-refractivity contribution in [3.63, 3.8) is 0 Å². The Labute approximate surface area is 206 Å². The molecule has 2 amide bonds. The first-order valence-electron chi connectivity index (χ1n) is 12.7. The lowest BCUT2D eigenvalue weighted by molar-refractivity contribution is -0.114. The highest BCUT2D eigenvalue weighted by atomic mass is 16.2. The SMILES string of the molecule is CC(=O)Nc1ccc(-c2cccc(-c3cn(C(=O)N(C)C45CC6CC(CC(C6)C4)C5)cn3)c2)cc1. The number of hydrogen-bond acceptors (Lipinski definition) is 3. The number of carbonyl (C=O) groups is 2. The first-order valence-corrected chi connectivity index (χ1v) is 12.7. The molecule has 0 aliphatic heterocycles. The molecule has 3 aromatic rings. The van der Waals surface area contributed by atoms with E-state index in [1.54, 1.807) is 10.9 Å². The van der Waals surface area contributed by atoms with Gasteiger partial charge in [-0.25, -0.2) is 9.78 Å². The van der Waals surface area contributed by atoms with Gasteiger partial charge in [-0.3, -0.25) is 9.36 Å². The second kappa shape index (κ2) is 8.36. The molecule has 6 heteroatoms. The van der Waals surface area contributed by atoms with E-state index >= 15 is 0 Å². The van der Waals surface area contributed by atoms with Gasteiger partial charge in [-0.05, 0) is 85.6 Å². The summed E-state index contributed by atoms with van der Waals surface area (Å²) in [6, 6.07) is 16.0. The van der Waals surface area contributed by atoms with Crippen LogP contribution >= 0.6 is 0 Å². The molecular weight excluding hydrogens is 436 g/mol. The molecule has 4 aliphatic carbocycles. The fourth-order valence-electron chi connectivity index (χ4n) is 7.24. The van der Waals surface area contributed by atoms with Gasteiger partial charge in [-0.15, -0.1) is 0 Å². The average Bonchev–Trinajstić information content (AvgIpc) is 3.33. The van der Waals surface area contributed by atoms with E-state index < -0.39 is 0 Å². The smallest absolute Gasteiger partial charge is 0.326 e. The lowest BCUT2D eigenvalue weighted by Gasteiger charge is -2.59. The lowest BCUT2D eigenvalue weighted by atomic mass is 9.52. The van der Waals surface area contributed by atoms with Gasteiger partial charge in [0.25, 0.3) is 0 Å². The first-order chi connectivity index (χ1) is 16.9. The van der Waals surface area contributed by atoms with Crippen molar-refractivity contribution in [3.05, 3.63) is 61.1 Å². The van der Waals surface area contributed by atoms with Crippen LogP contribution in [0.5, 0.6) is 0 Å². The molecule has 180 valence electrons. The molecule has 4 bridgehead atoms. The van der Waals surface area contributed by atoms with Gasteiger partial charge in [-0.1, -0.05) is 30.3 Å². The molecule has 0 atom stereocenters. The zero-order valence-electron chi connectivity index (χ0n) is 20.4. The zero-order chi connectivity index (χ0) is 24.2. The third-order valence-electron chi connectivity index (χ3n) is 8.50. The highest BCUT2D eigenvalue weighted by molar-refractivity contribution is 5.89. The van der Waals surface area contributed by atoms with Crippen molar-refractivity contribution in [3.8, 4) is 22.4 Å². The van der Waals surface area contributed by atoms with Crippen LogP contribution in [0.2, 0.25) is 0 Å². The van der Waals surface area contributed by atoms with Crippen LogP contribution in [0.3, 0.4) is 0 Å². The molecule has 1 heterocycles. The summed E-state index contributed by atoms with van der Waals surface area (Å²) in [7, 11) is 2.00. The van der Waals surface area contributed by atoms with Crippen molar-refractivity contribution in [2.45, 2.75) is 51.0 Å². The minimum absolute atomic E-state index is 0.0235. The standard InChI is InChI=1S/C29H32N4O2/c1-19(34)31-26-8-6-23(7-9-26)24-4-3-5-25(13-24)27-17-33(18-30-27)28(35)32(2)29-14-20-10-21(15-29)12-22(11-20)16-29/h3-9,13,17-18,20-22H,10-12,14-16H2,1-2H3,(H,31,34). The van der Waals surface area contributed by atoms with E-state index in [2.05, 4.69) is 22.4 Å². The van der Waals surface area contributed by atoms with Crippen LogP contribution in [0.4, 0.5) is 10.5 Å². The minimum Gasteiger partial charge on any atom is -0.326 e. The summed E-state index contributed by atoms with van der Waals surface area (Å²) >= 11 is 0. The van der Waals surface area contributed by atoms with E-state index in [1.807, 2.05) is 54.5 Å². The van der Waals surface area contributed by atoms with Crippen LogP contribution in [0.15, 0.2) is 61.1 Å². The number of carbonyl (C=O) groups excluding carboxylic acids is 2. The minimum atomic E-state index is -0.0845. The first kappa shape index (κ1) is 22.1. The molecular formula is C29H32N4O2. The van der Waals surface area contributed by atoms with Crippen molar-refractivity contribution in [1.82, 2.24) is 14.5 Å². The Hall–Kier alpha value is -3.41. The third kappa shape index (κ3) is 4.05. The van der Waals surface area contributed by atoms with Crippen LogP contribution in [0, 0.1) is 17.8 Å². The van der Waals surface area contributed by atoms with E-state index in [9.17, 15) is 9.59 Å². The number of imidazole rings is 1. The number of nitrogens with one attached hydrogen (secondary N) is 1. The molecule has 0 saturated heterocycles.